The summed E-state index contributed by atoms with van der Waals surface area (Å²) in [6, 6.07) is 6.33. The minimum absolute atomic E-state index is 0.00442. The number of primary amides is 1. The number of carbonyl (C=O) groups excluding carboxylic acids is 2. The van der Waals surface area contributed by atoms with Crippen molar-refractivity contribution >= 4 is 17.8 Å². The van der Waals surface area contributed by atoms with E-state index >= 15 is 0 Å². The largest absolute Gasteiger partial charge is 0.484 e. The molecule has 9 nitrogen and oxygen atoms in total. The van der Waals surface area contributed by atoms with Crippen molar-refractivity contribution in [3.8, 4) is 5.75 Å². The van der Waals surface area contributed by atoms with Crippen molar-refractivity contribution in [2.75, 3.05) is 19.8 Å². The molecule has 9 heteroatoms. The standard InChI is InChI=1S/C12H16N4O5/c13-11(16-19)8-1-3-9(4-2-8)21-7-10(17)15-5-6-20-12(14)18/h1-4,19H,5-7H2,(H2,13,16)(H2,14,18)(H,15,17). The van der Waals surface area contributed by atoms with Crippen LogP contribution in [0.1, 0.15) is 5.56 Å². The van der Waals surface area contributed by atoms with E-state index in [1.807, 2.05) is 0 Å². The molecule has 0 aliphatic rings. The van der Waals surface area contributed by atoms with Gasteiger partial charge in [0.15, 0.2) is 12.4 Å². The Hall–Kier alpha value is -2.97. The van der Waals surface area contributed by atoms with Crippen molar-refractivity contribution in [2.24, 2.45) is 16.6 Å². The topological polar surface area (TPSA) is 149 Å². The Morgan fingerprint density at radius 2 is 1.90 bits per heavy atom. The molecule has 0 radical (unpaired) electrons. The first kappa shape index (κ1) is 16.1. The van der Waals surface area contributed by atoms with Crippen LogP contribution in [0, 0.1) is 0 Å². The number of nitrogens with zero attached hydrogens (tertiary/aromatic N) is 1. The summed E-state index contributed by atoms with van der Waals surface area (Å²) in [4.78, 5) is 21.7. The molecule has 1 rings (SSSR count). The second kappa shape index (κ2) is 8.25. The van der Waals surface area contributed by atoms with Crippen molar-refractivity contribution in [3.63, 3.8) is 0 Å². The van der Waals surface area contributed by atoms with Crippen LogP contribution in [0.15, 0.2) is 29.4 Å². The zero-order valence-corrected chi connectivity index (χ0v) is 11.1. The maximum atomic E-state index is 11.4. The van der Waals surface area contributed by atoms with Gasteiger partial charge in [-0.25, -0.2) is 4.79 Å². The predicted molar refractivity (Wildman–Crippen MR) is 73.0 cm³/mol. The lowest BCUT2D eigenvalue weighted by molar-refractivity contribution is -0.123. The highest BCUT2D eigenvalue weighted by Crippen LogP contribution is 2.11. The van der Waals surface area contributed by atoms with Gasteiger partial charge in [-0.2, -0.15) is 0 Å². The van der Waals surface area contributed by atoms with Gasteiger partial charge < -0.3 is 31.5 Å². The van der Waals surface area contributed by atoms with Gasteiger partial charge in [0.1, 0.15) is 12.4 Å². The highest BCUT2D eigenvalue weighted by molar-refractivity contribution is 5.97. The quantitative estimate of drug-likeness (QED) is 0.173. The molecule has 1 aromatic carbocycles. The monoisotopic (exact) mass is 296 g/mol. The van der Waals surface area contributed by atoms with Crippen LogP contribution in [-0.4, -0.2) is 42.8 Å². The number of oxime groups is 1. The maximum absolute atomic E-state index is 11.4. The van der Waals surface area contributed by atoms with E-state index < -0.39 is 6.09 Å². The molecule has 2 amide bonds. The van der Waals surface area contributed by atoms with Crippen LogP contribution >= 0.6 is 0 Å². The Morgan fingerprint density at radius 3 is 2.48 bits per heavy atom. The summed E-state index contributed by atoms with van der Waals surface area (Å²) in [6.07, 6.45) is -0.897. The molecule has 21 heavy (non-hydrogen) atoms. The molecule has 0 fully saturated rings. The van der Waals surface area contributed by atoms with E-state index in [1.165, 1.54) is 0 Å². The fourth-order valence-corrected chi connectivity index (χ4v) is 1.32. The Labute approximate surface area is 120 Å². The molecule has 1 aromatic rings. The Balaban J connectivity index is 2.31. The average Bonchev–Trinajstić information content (AvgIpc) is 2.49. The van der Waals surface area contributed by atoms with E-state index in [1.54, 1.807) is 24.3 Å². The Kier molecular flexibility index (Phi) is 6.32. The highest BCUT2D eigenvalue weighted by Gasteiger charge is 2.04. The van der Waals surface area contributed by atoms with Crippen molar-refractivity contribution in [3.05, 3.63) is 29.8 Å². The van der Waals surface area contributed by atoms with E-state index in [0.717, 1.165) is 0 Å². The maximum Gasteiger partial charge on any atom is 0.404 e. The third kappa shape index (κ3) is 6.14. The summed E-state index contributed by atoms with van der Waals surface area (Å²) in [5.74, 6) is 0.0605. The molecule has 0 spiro atoms. The van der Waals surface area contributed by atoms with Gasteiger partial charge in [-0.1, -0.05) is 5.16 Å². The van der Waals surface area contributed by atoms with Crippen molar-refractivity contribution in [2.45, 2.75) is 0 Å². The number of amides is 2. The molecule has 0 aliphatic heterocycles. The van der Waals surface area contributed by atoms with Crippen LogP contribution in [0.25, 0.3) is 0 Å². The van der Waals surface area contributed by atoms with Gasteiger partial charge >= 0.3 is 6.09 Å². The van der Waals surface area contributed by atoms with Crippen molar-refractivity contribution < 1.29 is 24.3 Å². The molecule has 0 saturated heterocycles. The summed E-state index contributed by atoms with van der Waals surface area (Å²) in [5, 5.41) is 13.9. The smallest absolute Gasteiger partial charge is 0.404 e. The van der Waals surface area contributed by atoms with Gasteiger partial charge in [0, 0.05) is 5.56 Å². The number of nitrogens with two attached hydrogens (primary N) is 2. The first-order chi connectivity index (χ1) is 10.0. The summed E-state index contributed by atoms with van der Waals surface area (Å²) in [7, 11) is 0. The van der Waals surface area contributed by atoms with Gasteiger partial charge in [-0.15, -0.1) is 0 Å². The Morgan fingerprint density at radius 1 is 1.24 bits per heavy atom. The molecule has 0 heterocycles. The molecular formula is C12H16N4O5. The molecule has 0 unspecified atom stereocenters. The molecule has 0 bridgehead atoms. The van der Waals surface area contributed by atoms with Crippen LogP contribution in [0.4, 0.5) is 4.79 Å². The minimum Gasteiger partial charge on any atom is -0.484 e. The first-order valence-electron chi connectivity index (χ1n) is 5.92. The van der Waals surface area contributed by atoms with Gasteiger partial charge in [0.05, 0.1) is 6.54 Å². The van der Waals surface area contributed by atoms with E-state index in [9.17, 15) is 9.59 Å². The molecule has 6 N–H and O–H groups in total. The van der Waals surface area contributed by atoms with Crippen LogP contribution in [0.2, 0.25) is 0 Å². The number of hydrogen-bond donors (Lipinski definition) is 4. The summed E-state index contributed by atoms with van der Waals surface area (Å²) in [5.41, 5.74) is 10.7. The zero-order valence-electron chi connectivity index (χ0n) is 11.1. The number of ether oxygens (including phenoxy) is 2. The lowest BCUT2D eigenvalue weighted by Crippen LogP contribution is -2.32. The number of hydrogen-bond acceptors (Lipinski definition) is 6. The van der Waals surface area contributed by atoms with E-state index in [0.29, 0.717) is 11.3 Å². The summed E-state index contributed by atoms with van der Waals surface area (Å²) in [6.45, 7) is -0.0530. The van der Waals surface area contributed by atoms with Crippen LogP contribution in [0.3, 0.4) is 0 Å². The van der Waals surface area contributed by atoms with Gasteiger partial charge in [-0.3, -0.25) is 4.79 Å². The van der Waals surface area contributed by atoms with Crippen molar-refractivity contribution in [1.29, 1.82) is 0 Å². The zero-order chi connectivity index (χ0) is 15.7. The Bertz CT molecular complexity index is 515. The number of nitrogens with one attached hydrogen (secondary N) is 1. The van der Waals surface area contributed by atoms with Crippen LogP contribution < -0.4 is 21.5 Å². The van der Waals surface area contributed by atoms with E-state index in [2.05, 4.69) is 15.2 Å². The summed E-state index contributed by atoms with van der Waals surface area (Å²) >= 11 is 0. The minimum atomic E-state index is -0.897. The number of rotatable bonds is 7. The fraction of sp³-hybridized carbons (Fsp3) is 0.250. The van der Waals surface area contributed by atoms with E-state index in [4.69, 9.17) is 21.4 Å². The molecule has 114 valence electrons. The number of benzene rings is 1. The molecule has 0 aliphatic carbocycles. The normalized spacial score (nSPS) is 10.8. The lowest BCUT2D eigenvalue weighted by Gasteiger charge is -2.08. The second-order valence-electron chi connectivity index (χ2n) is 3.82. The average molecular weight is 296 g/mol. The fourth-order valence-electron chi connectivity index (χ4n) is 1.32. The third-order valence-electron chi connectivity index (χ3n) is 2.30. The van der Waals surface area contributed by atoms with Gasteiger partial charge in [-0.05, 0) is 24.3 Å². The molecule has 0 aromatic heterocycles. The molecule has 0 atom stereocenters. The summed E-state index contributed by atoms with van der Waals surface area (Å²) < 4.78 is 9.67. The lowest BCUT2D eigenvalue weighted by atomic mass is 10.2. The second-order valence-corrected chi connectivity index (χ2v) is 3.82. The van der Waals surface area contributed by atoms with Crippen molar-refractivity contribution in [1.82, 2.24) is 5.32 Å². The van der Waals surface area contributed by atoms with E-state index in [-0.39, 0.29) is 31.5 Å². The number of carbonyl (C=O) groups is 2. The third-order valence-corrected chi connectivity index (χ3v) is 2.30. The van der Waals surface area contributed by atoms with Crippen LogP contribution in [-0.2, 0) is 9.53 Å². The SMILES string of the molecule is NC(=O)OCCNC(=O)COc1ccc(/C(N)=N/O)cc1. The predicted octanol–water partition coefficient (Wildman–Crippen LogP) is -0.629. The molecule has 0 saturated carbocycles. The van der Waals surface area contributed by atoms with Crippen LogP contribution in [0.5, 0.6) is 5.75 Å². The highest BCUT2D eigenvalue weighted by atomic mass is 16.5. The van der Waals surface area contributed by atoms with Gasteiger partial charge in [0.2, 0.25) is 0 Å². The molecular weight excluding hydrogens is 280 g/mol. The van der Waals surface area contributed by atoms with Gasteiger partial charge in [0.25, 0.3) is 5.91 Å². The first-order valence-corrected chi connectivity index (χ1v) is 5.92. The number of amidine groups is 1.